The molecular formula is C22H23F3N2OS. The van der Waals surface area contributed by atoms with E-state index in [2.05, 4.69) is 32.8 Å². The number of piperidine rings is 1. The molecule has 154 valence electrons. The first kappa shape index (κ1) is 20.0. The highest BCUT2D eigenvalue weighted by atomic mass is 32.1. The van der Waals surface area contributed by atoms with Gasteiger partial charge in [-0.25, -0.2) is 4.98 Å². The van der Waals surface area contributed by atoms with Gasteiger partial charge in [-0.3, -0.25) is 0 Å². The Bertz CT molecular complexity index is 931. The monoisotopic (exact) mass is 420 g/mol. The summed E-state index contributed by atoms with van der Waals surface area (Å²) in [6, 6.07) is 12.6. The van der Waals surface area contributed by atoms with E-state index < -0.39 is 6.36 Å². The minimum atomic E-state index is -4.64. The number of nitrogens with zero attached hydrogens (tertiary/aromatic N) is 2. The number of halogens is 3. The van der Waals surface area contributed by atoms with E-state index in [-0.39, 0.29) is 5.75 Å². The summed E-state index contributed by atoms with van der Waals surface area (Å²) in [6.45, 7) is 2.09. The molecule has 1 aliphatic heterocycles. The molecule has 0 amide bonds. The second-order valence-electron chi connectivity index (χ2n) is 7.49. The molecule has 0 N–H and O–H groups in total. The lowest BCUT2D eigenvalue weighted by atomic mass is 9.90. The third kappa shape index (κ3) is 5.21. The molecule has 29 heavy (non-hydrogen) atoms. The quantitative estimate of drug-likeness (QED) is 0.459. The number of hydrogen-bond acceptors (Lipinski definition) is 4. The standard InChI is InChI=1S/C22H23F3N2OS/c23-22(24,25)28-18-9-7-16(8-10-18)3-1-4-17-11-13-27(14-12-17)19-5-2-6-20-21(19)26-15-29-20/h2,5-10,15,17H,1,3-4,11-14H2. The highest BCUT2D eigenvalue weighted by Crippen LogP contribution is 2.32. The van der Waals surface area contributed by atoms with Crippen LogP contribution in [0, 0.1) is 5.92 Å². The van der Waals surface area contributed by atoms with Crippen LogP contribution in [0.2, 0.25) is 0 Å². The van der Waals surface area contributed by atoms with Gasteiger partial charge < -0.3 is 9.64 Å². The van der Waals surface area contributed by atoms with Crippen LogP contribution in [0.25, 0.3) is 10.2 Å². The Hall–Kier alpha value is -2.28. The van der Waals surface area contributed by atoms with Gasteiger partial charge in [-0.05, 0) is 67.9 Å². The van der Waals surface area contributed by atoms with Gasteiger partial charge >= 0.3 is 6.36 Å². The summed E-state index contributed by atoms with van der Waals surface area (Å²) in [5.74, 6) is 0.539. The van der Waals surface area contributed by atoms with Gasteiger partial charge in [0.2, 0.25) is 0 Å². The molecule has 1 aliphatic rings. The average molecular weight is 421 g/mol. The molecule has 3 aromatic rings. The number of aryl methyl sites for hydroxylation is 1. The van der Waals surface area contributed by atoms with E-state index in [0.29, 0.717) is 5.92 Å². The van der Waals surface area contributed by atoms with Crippen molar-refractivity contribution in [2.24, 2.45) is 5.92 Å². The molecule has 0 spiro atoms. The van der Waals surface area contributed by atoms with Gasteiger partial charge in [0.25, 0.3) is 0 Å². The maximum Gasteiger partial charge on any atom is 0.573 e. The van der Waals surface area contributed by atoms with E-state index in [9.17, 15) is 13.2 Å². The predicted octanol–water partition coefficient (Wildman–Crippen LogP) is 6.43. The van der Waals surface area contributed by atoms with E-state index in [4.69, 9.17) is 0 Å². The largest absolute Gasteiger partial charge is 0.573 e. The van der Waals surface area contributed by atoms with Crippen LogP contribution in [0.15, 0.2) is 48.0 Å². The van der Waals surface area contributed by atoms with Crippen molar-refractivity contribution in [1.82, 2.24) is 4.98 Å². The third-order valence-electron chi connectivity index (χ3n) is 5.53. The lowest BCUT2D eigenvalue weighted by molar-refractivity contribution is -0.274. The third-order valence-corrected chi connectivity index (χ3v) is 6.32. The van der Waals surface area contributed by atoms with Crippen molar-refractivity contribution in [3.8, 4) is 5.75 Å². The van der Waals surface area contributed by atoms with E-state index in [1.54, 1.807) is 23.5 Å². The Morgan fingerprint density at radius 1 is 1.07 bits per heavy atom. The molecule has 0 bridgehead atoms. The Balaban J connectivity index is 1.23. The predicted molar refractivity (Wildman–Crippen MR) is 111 cm³/mol. The van der Waals surface area contributed by atoms with Crippen molar-refractivity contribution in [1.29, 1.82) is 0 Å². The second-order valence-corrected chi connectivity index (χ2v) is 8.38. The number of thiazole rings is 1. The molecule has 4 rings (SSSR count). The summed E-state index contributed by atoms with van der Waals surface area (Å²) in [4.78, 5) is 6.97. The molecule has 0 radical (unpaired) electrons. The summed E-state index contributed by atoms with van der Waals surface area (Å²) >= 11 is 1.68. The van der Waals surface area contributed by atoms with Crippen LogP contribution in [0.5, 0.6) is 5.75 Å². The number of aromatic nitrogens is 1. The number of rotatable bonds is 6. The number of alkyl halides is 3. The van der Waals surface area contributed by atoms with E-state index in [1.807, 2.05) is 5.51 Å². The highest BCUT2D eigenvalue weighted by molar-refractivity contribution is 7.16. The first-order valence-corrected chi connectivity index (χ1v) is 10.8. The molecule has 0 atom stereocenters. The smallest absolute Gasteiger partial charge is 0.406 e. The van der Waals surface area contributed by atoms with Crippen LogP contribution in [0.1, 0.15) is 31.2 Å². The van der Waals surface area contributed by atoms with Crippen molar-refractivity contribution in [3.63, 3.8) is 0 Å². The Morgan fingerprint density at radius 3 is 2.55 bits per heavy atom. The summed E-state index contributed by atoms with van der Waals surface area (Å²) < 4.78 is 41.8. The van der Waals surface area contributed by atoms with Gasteiger partial charge in [0.15, 0.2) is 0 Å². The number of hydrogen-bond donors (Lipinski definition) is 0. The summed E-state index contributed by atoms with van der Waals surface area (Å²) in [5.41, 5.74) is 5.30. The van der Waals surface area contributed by atoms with Crippen LogP contribution < -0.4 is 9.64 Å². The van der Waals surface area contributed by atoms with E-state index >= 15 is 0 Å². The topological polar surface area (TPSA) is 25.4 Å². The van der Waals surface area contributed by atoms with Gasteiger partial charge in [-0.1, -0.05) is 18.2 Å². The molecule has 3 nitrogen and oxygen atoms in total. The zero-order valence-corrected chi connectivity index (χ0v) is 16.8. The highest BCUT2D eigenvalue weighted by Gasteiger charge is 2.31. The Morgan fingerprint density at radius 2 is 1.83 bits per heavy atom. The van der Waals surface area contributed by atoms with Crippen molar-refractivity contribution < 1.29 is 17.9 Å². The fourth-order valence-electron chi connectivity index (χ4n) is 4.04. The van der Waals surface area contributed by atoms with Gasteiger partial charge in [-0.15, -0.1) is 24.5 Å². The lowest BCUT2D eigenvalue weighted by Gasteiger charge is -2.33. The Kier molecular flexibility index (Phi) is 5.94. The van der Waals surface area contributed by atoms with Crippen molar-refractivity contribution in [3.05, 3.63) is 53.5 Å². The van der Waals surface area contributed by atoms with Gasteiger partial charge in [0.1, 0.15) is 11.3 Å². The van der Waals surface area contributed by atoms with E-state index in [0.717, 1.165) is 43.4 Å². The molecule has 1 aromatic heterocycles. The summed E-state index contributed by atoms with van der Waals surface area (Å²) in [7, 11) is 0. The minimum absolute atomic E-state index is 0.163. The number of para-hydroxylation sites is 1. The van der Waals surface area contributed by atoms with Gasteiger partial charge in [0.05, 0.1) is 15.9 Å². The first-order valence-electron chi connectivity index (χ1n) is 9.90. The Labute approximate surface area is 172 Å². The fraction of sp³-hybridized carbons (Fsp3) is 0.409. The first-order chi connectivity index (χ1) is 14.0. The van der Waals surface area contributed by atoms with Gasteiger partial charge in [-0.2, -0.15) is 0 Å². The molecule has 2 aromatic carbocycles. The second kappa shape index (κ2) is 8.61. The number of benzene rings is 2. The van der Waals surface area contributed by atoms with Crippen LogP contribution >= 0.6 is 11.3 Å². The average Bonchev–Trinajstić information content (AvgIpc) is 3.18. The molecular weight excluding hydrogens is 397 g/mol. The molecule has 0 unspecified atom stereocenters. The maximum atomic E-state index is 12.2. The minimum Gasteiger partial charge on any atom is -0.406 e. The van der Waals surface area contributed by atoms with Crippen molar-refractivity contribution in [2.45, 2.75) is 38.5 Å². The van der Waals surface area contributed by atoms with Crippen LogP contribution in [0.3, 0.4) is 0 Å². The van der Waals surface area contributed by atoms with Crippen molar-refractivity contribution >= 4 is 27.2 Å². The number of anilines is 1. The molecule has 1 fully saturated rings. The maximum absolute atomic E-state index is 12.2. The number of fused-ring (bicyclic) bond motifs is 1. The molecule has 1 saturated heterocycles. The van der Waals surface area contributed by atoms with Crippen molar-refractivity contribution in [2.75, 3.05) is 18.0 Å². The molecule has 2 heterocycles. The van der Waals surface area contributed by atoms with Gasteiger partial charge in [0, 0.05) is 13.1 Å². The van der Waals surface area contributed by atoms with Crippen LogP contribution in [0.4, 0.5) is 18.9 Å². The zero-order valence-electron chi connectivity index (χ0n) is 16.0. The number of ether oxygens (including phenoxy) is 1. The summed E-state index contributed by atoms with van der Waals surface area (Å²) in [5, 5.41) is 0. The molecule has 0 aliphatic carbocycles. The molecule has 7 heteroatoms. The zero-order chi connectivity index (χ0) is 20.3. The SMILES string of the molecule is FC(F)(F)Oc1ccc(CCCC2CCN(c3cccc4scnc34)CC2)cc1. The van der Waals surface area contributed by atoms with Crippen LogP contribution in [-0.2, 0) is 6.42 Å². The molecule has 0 saturated carbocycles. The summed E-state index contributed by atoms with van der Waals surface area (Å²) in [6.07, 6.45) is 0.769. The fourth-order valence-corrected chi connectivity index (χ4v) is 4.74. The van der Waals surface area contributed by atoms with Crippen LogP contribution in [-0.4, -0.2) is 24.4 Å². The van der Waals surface area contributed by atoms with E-state index in [1.165, 1.54) is 35.4 Å². The lowest BCUT2D eigenvalue weighted by Crippen LogP contribution is -2.33. The normalized spacial score (nSPS) is 15.8.